The molecule has 0 spiro atoms. The highest BCUT2D eigenvalue weighted by Crippen LogP contribution is 2.27. The average molecular weight is 258 g/mol. The summed E-state index contributed by atoms with van der Waals surface area (Å²) in [6, 6.07) is 8.18. The molecule has 0 unspecified atom stereocenters. The Morgan fingerprint density at radius 3 is 2.53 bits per heavy atom. The molecule has 0 aliphatic carbocycles. The second-order valence-corrected chi connectivity index (χ2v) is 4.74. The molecule has 0 aliphatic rings. The Balaban J connectivity index is 2.48. The third-order valence-electron chi connectivity index (χ3n) is 3.49. The molecule has 0 bridgehead atoms. The number of hydrogen-bond acceptors (Lipinski definition) is 3. The van der Waals surface area contributed by atoms with Crippen LogP contribution >= 0.6 is 0 Å². The molecule has 1 aromatic heterocycles. The van der Waals surface area contributed by atoms with Crippen LogP contribution in [0.2, 0.25) is 0 Å². The highest BCUT2D eigenvalue weighted by Gasteiger charge is 2.11. The summed E-state index contributed by atoms with van der Waals surface area (Å²) in [6.45, 7) is 6.38. The van der Waals surface area contributed by atoms with Gasteiger partial charge in [0.2, 0.25) is 0 Å². The van der Waals surface area contributed by atoms with Crippen molar-refractivity contribution in [1.29, 1.82) is 0 Å². The summed E-state index contributed by atoms with van der Waals surface area (Å²) in [4.78, 5) is 6.88. The quantitative estimate of drug-likeness (QED) is 0.863. The third kappa shape index (κ3) is 2.87. The summed E-state index contributed by atoms with van der Waals surface area (Å²) >= 11 is 0. The van der Waals surface area contributed by atoms with Gasteiger partial charge in [-0.25, -0.2) is 4.98 Å². The van der Waals surface area contributed by atoms with Crippen molar-refractivity contribution < 1.29 is 5.11 Å². The standard InChI is InChI=1S/C16H22N2O/c1-3-5-10-18(4-2)16-15-9-7-6-8-14(15)13(12-19)11-17-16/h6-9,11,19H,3-5,10,12H2,1-2H3. The summed E-state index contributed by atoms with van der Waals surface area (Å²) in [5.41, 5.74) is 0.894. The number of anilines is 1. The van der Waals surface area contributed by atoms with E-state index < -0.39 is 0 Å². The van der Waals surface area contributed by atoms with Gasteiger partial charge in [0.1, 0.15) is 5.82 Å². The lowest BCUT2D eigenvalue weighted by Crippen LogP contribution is -2.25. The minimum absolute atomic E-state index is 0.0366. The zero-order valence-electron chi connectivity index (χ0n) is 11.8. The molecule has 0 radical (unpaired) electrons. The molecule has 19 heavy (non-hydrogen) atoms. The molecule has 0 saturated carbocycles. The number of aliphatic hydroxyl groups excluding tert-OH is 1. The largest absolute Gasteiger partial charge is 0.392 e. The monoisotopic (exact) mass is 258 g/mol. The van der Waals surface area contributed by atoms with E-state index in [9.17, 15) is 5.11 Å². The minimum atomic E-state index is 0.0366. The maximum atomic E-state index is 9.41. The van der Waals surface area contributed by atoms with Crippen LogP contribution in [0.1, 0.15) is 32.3 Å². The fourth-order valence-corrected chi connectivity index (χ4v) is 2.38. The van der Waals surface area contributed by atoms with Crippen LogP contribution in [0.15, 0.2) is 30.5 Å². The van der Waals surface area contributed by atoms with Crippen molar-refractivity contribution in [3.63, 3.8) is 0 Å². The molecule has 0 saturated heterocycles. The van der Waals surface area contributed by atoms with Gasteiger partial charge in [-0.1, -0.05) is 37.6 Å². The van der Waals surface area contributed by atoms with Crippen LogP contribution < -0.4 is 4.90 Å². The Morgan fingerprint density at radius 2 is 1.89 bits per heavy atom. The van der Waals surface area contributed by atoms with E-state index in [0.29, 0.717) is 0 Å². The Hall–Kier alpha value is -1.61. The third-order valence-corrected chi connectivity index (χ3v) is 3.49. The van der Waals surface area contributed by atoms with Crippen molar-refractivity contribution in [2.24, 2.45) is 0 Å². The minimum Gasteiger partial charge on any atom is -0.392 e. The summed E-state index contributed by atoms with van der Waals surface area (Å²) in [5.74, 6) is 1.03. The number of benzene rings is 1. The first kappa shape index (κ1) is 13.8. The maximum Gasteiger partial charge on any atom is 0.136 e. The number of hydrogen-bond donors (Lipinski definition) is 1. The smallest absolute Gasteiger partial charge is 0.136 e. The van der Waals surface area contributed by atoms with Crippen molar-refractivity contribution in [2.75, 3.05) is 18.0 Å². The van der Waals surface area contributed by atoms with Crippen molar-refractivity contribution >= 4 is 16.6 Å². The Kier molecular flexibility index (Phi) is 4.74. The highest BCUT2D eigenvalue weighted by molar-refractivity contribution is 5.94. The zero-order valence-corrected chi connectivity index (χ0v) is 11.8. The highest BCUT2D eigenvalue weighted by atomic mass is 16.3. The van der Waals surface area contributed by atoms with E-state index in [0.717, 1.165) is 35.2 Å². The molecule has 0 atom stereocenters. The number of pyridine rings is 1. The van der Waals surface area contributed by atoms with Crippen molar-refractivity contribution in [3.8, 4) is 0 Å². The van der Waals surface area contributed by atoms with Crippen LogP contribution in [0, 0.1) is 0 Å². The first-order valence-corrected chi connectivity index (χ1v) is 7.04. The van der Waals surface area contributed by atoms with Gasteiger partial charge in [0, 0.05) is 30.2 Å². The van der Waals surface area contributed by atoms with E-state index in [-0.39, 0.29) is 6.61 Å². The molecule has 1 N–H and O–H groups in total. The van der Waals surface area contributed by atoms with E-state index >= 15 is 0 Å². The molecular weight excluding hydrogens is 236 g/mol. The molecule has 3 nitrogen and oxygen atoms in total. The zero-order chi connectivity index (χ0) is 13.7. The topological polar surface area (TPSA) is 36.4 Å². The van der Waals surface area contributed by atoms with Gasteiger partial charge >= 0.3 is 0 Å². The fraction of sp³-hybridized carbons (Fsp3) is 0.438. The fourth-order valence-electron chi connectivity index (χ4n) is 2.38. The summed E-state index contributed by atoms with van der Waals surface area (Å²) in [7, 11) is 0. The molecule has 1 heterocycles. The lowest BCUT2D eigenvalue weighted by molar-refractivity contribution is 0.283. The van der Waals surface area contributed by atoms with E-state index in [2.05, 4.69) is 35.9 Å². The van der Waals surface area contributed by atoms with Crippen molar-refractivity contribution in [1.82, 2.24) is 4.98 Å². The Morgan fingerprint density at radius 1 is 1.16 bits per heavy atom. The molecule has 0 aliphatic heterocycles. The normalized spacial score (nSPS) is 10.9. The molecule has 2 aromatic rings. The van der Waals surface area contributed by atoms with Crippen LogP contribution in [0.25, 0.3) is 10.8 Å². The number of aliphatic hydroxyl groups is 1. The molecular formula is C16H22N2O. The van der Waals surface area contributed by atoms with Gasteiger partial charge in [-0.05, 0) is 18.7 Å². The van der Waals surface area contributed by atoms with Crippen LogP contribution in [0.3, 0.4) is 0 Å². The van der Waals surface area contributed by atoms with Gasteiger partial charge in [-0.3, -0.25) is 0 Å². The van der Waals surface area contributed by atoms with Gasteiger partial charge in [0.05, 0.1) is 6.61 Å². The average Bonchev–Trinajstić information content (AvgIpc) is 2.48. The van der Waals surface area contributed by atoms with Crippen LogP contribution in [0.5, 0.6) is 0 Å². The van der Waals surface area contributed by atoms with Gasteiger partial charge < -0.3 is 10.0 Å². The number of fused-ring (bicyclic) bond motifs is 1. The molecule has 3 heteroatoms. The van der Waals surface area contributed by atoms with E-state index in [4.69, 9.17) is 0 Å². The van der Waals surface area contributed by atoms with Crippen molar-refractivity contribution in [3.05, 3.63) is 36.0 Å². The SMILES string of the molecule is CCCCN(CC)c1ncc(CO)c2ccccc12. The van der Waals surface area contributed by atoms with Gasteiger partial charge in [-0.15, -0.1) is 0 Å². The van der Waals surface area contributed by atoms with Crippen LogP contribution in [0.4, 0.5) is 5.82 Å². The van der Waals surface area contributed by atoms with E-state index in [1.807, 2.05) is 12.1 Å². The summed E-state index contributed by atoms with van der Waals surface area (Å²) < 4.78 is 0. The first-order valence-electron chi connectivity index (χ1n) is 7.04. The number of rotatable bonds is 6. The molecule has 2 rings (SSSR count). The lowest BCUT2D eigenvalue weighted by atomic mass is 10.1. The van der Waals surface area contributed by atoms with Crippen LogP contribution in [-0.2, 0) is 6.61 Å². The van der Waals surface area contributed by atoms with Crippen molar-refractivity contribution in [2.45, 2.75) is 33.3 Å². The molecule has 0 amide bonds. The van der Waals surface area contributed by atoms with Gasteiger partial charge in [0.15, 0.2) is 0 Å². The molecule has 1 aromatic carbocycles. The number of aromatic nitrogens is 1. The van der Waals surface area contributed by atoms with Gasteiger partial charge in [0.25, 0.3) is 0 Å². The number of nitrogens with zero attached hydrogens (tertiary/aromatic N) is 2. The Labute approximate surface area is 114 Å². The second kappa shape index (κ2) is 6.53. The maximum absolute atomic E-state index is 9.41. The molecule has 0 fully saturated rings. The summed E-state index contributed by atoms with van der Waals surface area (Å²) in [5, 5.41) is 11.6. The predicted octanol–water partition coefficient (Wildman–Crippen LogP) is 3.35. The van der Waals surface area contributed by atoms with E-state index in [1.165, 1.54) is 12.8 Å². The predicted molar refractivity (Wildman–Crippen MR) is 80.5 cm³/mol. The van der Waals surface area contributed by atoms with Crippen LogP contribution in [-0.4, -0.2) is 23.2 Å². The van der Waals surface area contributed by atoms with Gasteiger partial charge in [-0.2, -0.15) is 0 Å². The summed E-state index contributed by atoms with van der Waals surface area (Å²) in [6.07, 6.45) is 4.15. The first-order chi connectivity index (χ1) is 9.31. The molecule has 102 valence electrons. The second-order valence-electron chi connectivity index (χ2n) is 4.74. The lowest BCUT2D eigenvalue weighted by Gasteiger charge is -2.23. The van der Waals surface area contributed by atoms with E-state index in [1.54, 1.807) is 6.20 Å². The Bertz CT molecular complexity index is 539. The number of unbranched alkanes of at least 4 members (excludes halogenated alkanes) is 1.